The van der Waals surface area contributed by atoms with E-state index in [-0.39, 0.29) is 18.7 Å². The molecule has 0 saturated carbocycles. The molecule has 0 fully saturated rings. The summed E-state index contributed by atoms with van der Waals surface area (Å²) in [6, 6.07) is 14.5. The zero-order valence-electron chi connectivity index (χ0n) is 13.4. The van der Waals surface area contributed by atoms with Gasteiger partial charge in [-0.15, -0.1) is 0 Å². The summed E-state index contributed by atoms with van der Waals surface area (Å²) in [5.74, 6) is -0.982. The molecule has 0 radical (unpaired) electrons. The minimum Gasteiger partial charge on any atom is -0.478 e. The molecule has 1 amide bonds. The second-order valence-corrected chi connectivity index (χ2v) is 5.24. The molecule has 2 rings (SSSR count). The maximum absolute atomic E-state index is 11.6. The third kappa shape index (κ3) is 5.28. The highest BCUT2D eigenvalue weighted by Gasteiger charge is 2.07. The molecule has 0 aliphatic heterocycles. The van der Waals surface area contributed by atoms with Crippen molar-refractivity contribution in [2.75, 3.05) is 6.54 Å². The van der Waals surface area contributed by atoms with Crippen LogP contribution in [0.5, 0.6) is 0 Å². The van der Waals surface area contributed by atoms with Crippen molar-refractivity contribution in [3.63, 3.8) is 0 Å². The summed E-state index contributed by atoms with van der Waals surface area (Å²) in [6.45, 7) is 2.35. The van der Waals surface area contributed by atoms with Gasteiger partial charge in [0.2, 0.25) is 0 Å². The van der Waals surface area contributed by atoms with Crippen LogP contribution in [0.4, 0.5) is 4.79 Å². The molecule has 0 aromatic heterocycles. The highest BCUT2D eigenvalue weighted by Crippen LogP contribution is 2.13. The lowest BCUT2D eigenvalue weighted by Gasteiger charge is -2.05. The van der Waals surface area contributed by atoms with E-state index >= 15 is 0 Å². The van der Waals surface area contributed by atoms with Crippen molar-refractivity contribution in [3.8, 4) is 0 Å². The summed E-state index contributed by atoms with van der Waals surface area (Å²) in [4.78, 5) is 22.8. The largest absolute Gasteiger partial charge is 0.478 e. The number of hydrogen-bond acceptors (Lipinski definition) is 3. The molecule has 0 bridgehead atoms. The van der Waals surface area contributed by atoms with Crippen molar-refractivity contribution in [2.45, 2.75) is 13.5 Å². The number of ether oxygens (including phenoxy) is 1. The van der Waals surface area contributed by atoms with Gasteiger partial charge in [-0.3, -0.25) is 0 Å². The Hall–Kier alpha value is -3.08. The van der Waals surface area contributed by atoms with Gasteiger partial charge in [0.05, 0.1) is 5.56 Å². The first kappa shape index (κ1) is 17.3. The van der Waals surface area contributed by atoms with Crippen LogP contribution in [0.1, 0.15) is 27.0 Å². The van der Waals surface area contributed by atoms with Crippen LogP contribution in [0.2, 0.25) is 0 Å². The monoisotopic (exact) mass is 325 g/mol. The molecule has 0 saturated heterocycles. The number of carboxylic acid groups (broad SMARTS) is 1. The first-order chi connectivity index (χ1) is 11.6. The molecule has 5 nitrogen and oxygen atoms in total. The van der Waals surface area contributed by atoms with E-state index in [1.807, 2.05) is 37.3 Å². The smallest absolute Gasteiger partial charge is 0.407 e. The van der Waals surface area contributed by atoms with Crippen molar-refractivity contribution in [1.82, 2.24) is 5.32 Å². The van der Waals surface area contributed by atoms with Gasteiger partial charge in [-0.2, -0.15) is 0 Å². The van der Waals surface area contributed by atoms with Gasteiger partial charge in [-0.05, 0) is 24.1 Å². The Balaban J connectivity index is 1.83. The average molecular weight is 325 g/mol. The third-order valence-electron chi connectivity index (χ3n) is 3.31. The molecule has 24 heavy (non-hydrogen) atoms. The Labute approximate surface area is 140 Å². The van der Waals surface area contributed by atoms with Gasteiger partial charge in [0.25, 0.3) is 0 Å². The van der Waals surface area contributed by atoms with E-state index in [1.165, 1.54) is 0 Å². The van der Waals surface area contributed by atoms with Crippen LogP contribution < -0.4 is 5.32 Å². The van der Waals surface area contributed by atoms with Crippen molar-refractivity contribution in [3.05, 3.63) is 76.9 Å². The van der Waals surface area contributed by atoms with Crippen LogP contribution in [-0.4, -0.2) is 23.7 Å². The van der Waals surface area contributed by atoms with Crippen molar-refractivity contribution in [2.24, 2.45) is 0 Å². The number of alkyl carbamates (subject to hydrolysis) is 1. The number of carbonyl (C=O) groups excluding carboxylic acids is 1. The molecular weight excluding hydrogens is 306 g/mol. The van der Waals surface area contributed by atoms with Crippen LogP contribution in [0, 0.1) is 6.92 Å². The fourth-order valence-corrected chi connectivity index (χ4v) is 2.12. The molecule has 0 unspecified atom stereocenters. The molecule has 0 aliphatic rings. The molecule has 5 heteroatoms. The summed E-state index contributed by atoms with van der Waals surface area (Å²) in [5.41, 5.74) is 2.70. The summed E-state index contributed by atoms with van der Waals surface area (Å²) in [7, 11) is 0. The molecule has 0 aliphatic carbocycles. The number of amides is 1. The Bertz CT molecular complexity index is 738. The number of hydrogen-bond donors (Lipinski definition) is 2. The van der Waals surface area contributed by atoms with E-state index in [1.54, 1.807) is 30.4 Å². The minimum atomic E-state index is -0.982. The first-order valence-electron chi connectivity index (χ1n) is 7.51. The molecule has 0 atom stereocenters. The van der Waals surface area contributed by atoms with Crippen LogP contribution in [0.3, 0.4) is 0 Å². The van der Waals surface area contributed by atoms with Gasteiger partial charge in [0, 0.05) is 6.54 Å². The topological polar surface area (TPSA) is 75.6 Å². The van der Waals surface area contributed by atoms with Gasteiger partial charge in [0.15, 0.2) is 0 Å². The normalized spacial score (nSPS) is 10.5. The predicted molar refractivity (Wildman–Crippen MR) is 91.8 cm³/mol. The predicted octanol–water partition coefficient (Wildman–Crippen LogP) is 3.63. The van der Waals surface area contributed by atoms with Crippen molar-refractivity contribution >= 4 is 18.1 Å². The zero-order chi connectivity index (χ0) is 17.4. The van der Waals surface area contributed by atoms with Gasteiger partial charge in [-0.25, -0.2) is 9.59 Å². The number of benzene rings is 2. The van der Waals surface area contributed by atoms with Crippen LogP contribution >= 0.6 is 0 Å². The molecule has 2 aromatic carbocycles. The van der Waals surface area contributed by atoms with Crippen LogP contribution in [0.25, 0.3) is 6.08 Å². The lowest BCUT2D eigenvalue weighted by atomic mass is 10.0. The summed E-state index contributed by atoms with van der Waals surface area (Å²) < 4.78 is 5.08. The van der Waals surface area contributed by atoms with Gasteiger partial charge < -0.3 is 15.2 Å². The van der Waals surface area contributed by atoms with Crippen molar-refractivity contribution < 1.29 is 19.4 Å². The highest BCUT2D eigenvalue weighted by molar-refractivity contribution is 5.92. The molecule has 2 aromatic rings. The maximum atomic E-state index is 11.6. The summed E-state index contributed by atoms with van der Waals surface area (Å²) >= 11 is 0. The van der Waals surface area contributed by atoms with E-state index in [0.29, 0.717) is 5.56 Å². The quantitative estimate of drug-likeness (QED) is 0.850. The summed E-state index contributed by atoms with van der Waals surface area (Å²) in [5, 5.41) is 11.7. The Morgan fingerprint density at radius 2 is 1.92 bits per heavy atom. The first-order valence-corrected chi connectivity index (χ1v) is 7.51. The molecule has 124 valence electrons. The maximum Gasteiger partial charge on any atom is 0.407 e. The van der Waals surface area contributed by atoms with E-state index in [2.05, 4.69) is 5.32 Å². The molecule has 2 N–H and O–H groups in total. The van der Waals surface area contributed by atoms with E-state index in [9.17, 15) is 9.59 Å². The number of aromatic carboxylic acids is 1. The number of carboxylic acids is 1. The molecule has 0 spiro atoms. The standard InChI is InChI=1S/C19H19NO4/c1-14-9-10-17(18(21)22)16(12-14)8-5-11-20-19(23)24-13-15-6-3-2-4-7-15/h2-10,12H,11,13H2,1H3,(H,20,23)(H,21,22). The van der Waals surface area contributed by atoms with Gasteiger partial charge >= 0.3 is 12.1 Å². The van der Waals surface area contributed by atoms with Gasteiger partial charge in [0.1, 0.15) is 6.61 Å². The van der Waals surface area contributed by atoms with Gasteiger partial charge in [-0.1, -0.05) is 60.2 Å². The lowest BCUT2D eigenvalue weighted by molar-refractivity contribution is 0.0696. The lowest BCUT2D eigenvalue weighted by Crippen LogP contribution is -2.24. The Morgan fingerprint density at radius 3 is 2.62 bits per heavy atom. The zero-order valence-corrected chi connectivity index (χ0v) is 13.4. The van der Waals surface area contributed by atoms with E-state index in [0.717, 1.165) is 11.1 Å². The Kier molecular flexibility index (Phi) is 6.14. The summed E-state index contributed by atoms with van der Waals surface area (Å²) in [6.07, 6.45) is 2.84. The van der Waals surface area contributed by atoms with Crippen molar-refractivity contribution in [1.29, 1.82) is 0 Å². The minimum absolute atomic E-state index is 0.206. The van der Waals surface area contributed by atoms with E-state index < -0.39 is 12.1 Å². The number of aryl methyl sites for hydroxylation is 1. The van der Waals surface area contributed by atoms with E-state index in [4.69, 9.17) is 9.84 Å². The SMILES string of the molecule is Cc1ccc(C(=O)O)c(C=CCNC(=O)OCc2ccccc2)c1. The number of nitrogens with one attached hydrogen (secondary N) is 1. The average Bonchev–Trinajstić information content (AvgIpc) is 2.57. The fraction of sp³-hybridized carbons (Fsp3) is 0.158. The molecular formula is C19H19NO4. The fourth-order valence-electron chi connectivity index (χ4n) is 2.12. The molecule has 0 heterocycles. The van der Waals surface area contributed by atoms with Crippen LogP contribution in [0.15, 0.2) is 54.6 Å². The highest BCUT2D eigenvalue weighted by atomic mass is 16.5. The second-order valence-electron chi connectivity index (χ2n) is 5.24. The van der Waals surface area contributed by atoms with Crippen LogP contribution in [-0.2, 0) is 11.3 Å². The second kappa shape index (κ2) is 8.53. The Morgan fingerprint density at radius 1 is 1.17 bits per heavy atom. The number of rotatable bonds is 6. The number of carbonyl (C=O) groups is 2. The third-order valence-corrected chi connectivity index (χ3v) is 3.31.